The van der Waals surface area contributed by atoms with Crippen LogP contribution in [0.2, 0.25) is 0 Å². The topological polar surface area (TPSA) is 30.3 Å². The molecule has 0 aliphatic carbocycles. The van der Waals surface area contributed by atoms with E-state index in [4.69, 9.17) is 4.74 Å². The van der Waals surface area contributed by atoms with Crippen molar-refractivity contribution >= 4 is 0 Å². The maximum atomic E-state index is 5.57. The zero-order chi connectivity index (χ0) is 14.5. The largest absolute Gasteiger partial charge is 0.380 e. The molecule has 3 rings (SSSR count). The summed E-state index contributed by atoms with van der Waals surface area (Å²) in [5.41, 5.74) is 2.67. The highest BCUT2D eigenvalue weighted by molar-refractivity contribution is 5.15. The van der Waals surface area contributed by atoms with Gasteiger partial charge in [0.05, 0.1) is 12.8 Å². The summed E-state index contributed by atoms with van der Waals surface area (Å²) in [5.74, 6) is 0. The van der Waals surface area contributed by atoms with Crippen molar-refractivity contribution in [2.24, 2.45) is 7.05 Å². The van der Waals surface area contributed by atoms with Gasteiger partial charge in [0.1, 0.15) is 0 Å². The molecule has 112 valence electrons. The highest BCUT2D eigenvalue weighted by Crippen LogP contribution is 2.16. The standard InChI is InChI=1S/C17H23N3O/c1-19-12-16(11-18-19)13-20(17-8-10-21-14-17)9-7-15-5-3-2-4-6-15/h2-6,11-12,17H,7-10,13-14H2,1H3/t17-/m1/s1. The number of ether oxygens (including phenoxy) is 1. The predicted molar refractivity (Wildman–Crippen MR) is 83.0 cm³/mol. The highest BCUT2D eigenvalue weighted by Gasteiger charge is 2.23. The van der Waals surface area contributed by atoms with Crippen LogP contribution >= 0.6 is 0 Å². The molecule has 0 radical (unpaired) electrons. The minimum absolute atomic E-state index is 0.536. The monoisotopic (exact) mass is 285 g/mol. The van der Waals surface area contributed by atoms with Gasteiger partial charge in [0.25, 0.3) is 0 Å². The molecule has 2 heterocycles. The molecule has 0 unspecified atom stereocenters. The van der Waals surface area contributed by atoms with Crippen LogP contribution < -0.4 is 0 Å². The third-order valence-corrected chi connectivity index (χ3v) is 4.10. The summed E-state index contributed by atoms with van der Waals surface area (Å²) >= 11 is 0. The summed E-state index contributed by atoms with van der Waals surface area (Å²) in [4.78, 5) is 2.54. The maximum Gasteiger partial charge on any atom is 0.0622 e. The maximum absolute atomic E-state index is 5.57. The minimum Gasteiger partial charge on any atom is -0.380 e. The number of aromatic nitrogens is 2. The van der Waals surface area contributed by atoms with Crippen molar-refractivity contribution in [3.05, 3.63) is 53.9 Å². The Balaban J connectivity index is 1.64. The summed E-state index contributed by atoms with van der Waals surface area (Å²) in [7, 11) is 1.97. The Bertz CT molecular complexity index is 546. The van der Waals surface area contributed by atoms with E-state index in [2.05, 4.69) is 46.5 Å². The molecule has 1 saturated heterocycles. The molecule has 2 aromatic rings. The van der Waals surface area contributed by atoms with Crippen LogP contribution in [0, 0.1) is 0 Å². The Hall–Kier alpha value is -1.65. The van der Waals surface area contributed by atoms with Gasteiger partial charge >= 0.3 is 0 Å². The molecular weight excluding hydrogens is 262 g/mol. The van der Waals surface area contributed by atoms with E-state index in [9.17, 15) is 0 Å². The molecule has 4 nitrogen and oxygen atoms in total. The highest BCUT2D eigenvalue weighted by atomic mass is 16.5. The Kier molecular flexibility index (Phi) is 4.68. The molecule has 1 aliphatic rings. The summed E-state index contributed by atoms with van der Waals surface area (Å²) in [6.07, 6.45) is 6.28. The fourth-order valence-corrected chi connectivity index (χ4v) is 2.91. The van der Waals surface area contributed by atoms with Crippen LogP contribution in [0.5, 0.6) is 0 Å². The Morgan fingerprint density at radius 2 is 2.14 bits per heavy atom. The molecule has 1 fully saturated rings. The van der Waals surface area contributed by atoms with Crippen molar-refractivity contribution in [3.63, 3.8) is 0 Å². The Morgan fingerprint density at radius 3 is 2.81 bits per heavy atom. The molecule has 0 bridgehead atoms. The van der Waals surface area contributed by atoms with Crippen molar-refractivity contribution in [2.75, 3.05) is 19.8 Å². The van der Waals surface area contributed by atoms with E-state index in [1.807, 2.05) is 17.9 Å². The lowest BCUT2D eigenvalue weighted by atomic mass is 10.1. The molecule has 0 spiro atoms. The second-order valence-corrected chi connectivity index (χ2v) is 5.75. The van der Waals surface area contributed by atoms with E-state index in [1.54, 1.807) is 0 Å². The summed E-state index contributed by atoms with van der Waals surface area (Å²) in [5, 5.41) is 4.27. The molecule has 1 atom stereocenters. The van der Waals surface area contributed by atoms with Gasteiger partial charge in [0.15, 0.2) is 0 Å². The molecule has 0 amide bonds. The SMILES string of the molecule is Cn1cc(CN(CCc2ccccc2)[C@@H]2CCOC2)cn1. The summed E-state index contributed by atoms with van der Waals surface area (Å²) in [6, 6.07) is 11.2. The summed E-state index contributed by atoms with van der Waals surface area (Å²) < 4.78 is 7.44. The van der Waals surface area contributed by atoms with E-state index >= 15 is 0 Å². The van der Waals surface area contributed by atoms with Gasteiger partial charge in [0.2, 0.25) is 0 Å². The van der Waals surface area contributed by atoms with Crippen molar-refractivity contribution in [1.82, 2.24) is 14.7 Å². The van der Waals surface area contributed by atoms with Crippen LogP contribution in [0.15, 0.2) is 42.7 Å². The molecule has 1 aromatic carbocycles. The molecule has 21 heavy (non-hydrogen) atoms. The molecule has 0 N–H and O–H groups in total. The van der Waals surface area contributed by atoms with Gasteiger partial charge in [-0.25, -0.2) is 0 Å². The predicted octanol–water partition coefficient (Wildman–Crippen LogP) is 2.25. The first-order valence-corrected chi connectivity index (χ1v) is 7.64. The average Bonchev–Trinajstić information content (AvgIpc) is 3.16. The van der Waals surface area contributed by atoms with Gasteiger partial charge in [-0.3, -0.25) is 9.58 Å². The number of hydrogen-bond acceptors (Lipinski definition) is 3. The van der Waals surface area contributed by atoms with Gasteiger partial charge in [-0.15, -0.1) is 0 Å². The first kappa shape index (κ1) is 14.3. The van der Waals surface area contributed by atoms with Gasteiger partial charge in [-0.2, -0.15) is 5.10 Å². The minimum atomic E-state index is 0.536. The first-order valence-electron chi connectivity index (χ1n) is 7.64. The van der Waals surface area contributed by atoms with Crippen LogP contribution in [-0.4, -0.2) is 40.5 Å². The molecule has 1 aliphatic heterocycles. The second kappa shape index (κ2) is 6.87. The van der Waals surface area contributed by atoms with Crippen molar-refractivity contribution in [3.8, 4) is 0 Å². The van der Waals surface area contributed by atoms with Crippen LogP contribution in [-0.2, 0) is 24.8 Å². The summed E-state index contributed by atoms with van der Waals surface area (Å²) in [6.45, 7) is 3.76. The first-order chi connectivity index (χ1) is 10.3. The quantitative estimate of drug-likeness (QED) is 0.815. The molecule has 4 heteroatoms. The van der Waals surface area contributed by atoms with E-state index < -0.39 is 0 Å². The van der Waals surface area contributed by atoms with Gasteiger partial charge < -0.3 is 4.74 Å². The van der Waals surface area contributed by atoms with Crippen molar-refractivity contribution in [1.29, 1.82) is 0 Å². The molecule has 0 saturated carbocycles. The van der Waals surface area contributed by atoms with Crippen LogP contribution in [0.1, 0.15) is 17.5 Å². The smallest absolute Gasteiger partial charge is 0.0622 e. The number of nitrogens with zero attached hydrogens (tertiary/aromatic N) is 3. The van der Waals surface area contributed by atoms with E-state index in [-0.39, 0.29) is 0 Å². The number of rotatable bonds is 6. The van der Waals surface area contributed by atoms with Crippen LogP contribution in [0.3, 0.4) is 0 Å². The molecule has 1 aromatic heterocycles. The number of aryl methyl sites for hydroxylation is 1. The second-order valence-electron chi connectivity index (χ2n) is 5.75. The zero-order valence-corrected chi connectivity index (χ0v) is 12.6. The Morgan fingerprint density at radius 1 is 1.29 bits per heavy atom. The normalized spacial score (nSPS) is 18.5. The van der Waals surface area contributed by atoms with Gasteiger partial charge in [0, 0.05) is 44.5 Å². The van der Waals surface area contributed by atoms with Crippen LogP contribution in [0.4, 0.5) is 0 Å². The van der Waals surface area contributed by atoms with Gasteiger partial charge in [-0.05, 0) is 18.4 Å². The molecular formula is C17H23N3O. The van der Waals surface area contributed by atoms with Crippen LogP contribution in [0.25, 0.3) is 0 Å². The Labute approximate surface area is 126 Å². The number of hydrogen-bond donors (Lipinski definition) is 0. The lowest BCUT2D eigenvalue weighted by Gasteiger charge is -2.27. The van der Waals surface area contributed by atoms with Crippen molar-refractivity contribution < 1.29 is 4.74 Å². The van der Waals surface area contributed by atoms with E-state index in [0.717, 1.165) is 39.1 Å². The van der Waals surface area contributed by atoms with Gasteiger partial charge in [-0.1, -0.05) is 30.3 Å². The van der Waals surface area contributed by atoms with E-state index in [0.29, 0.717) is 6.04 Å². The average molecular weight is 285 g/mol. The zero-order valence-electron chi connectivity index (χ0n) is 12.6. The number of benzene rings is 1. The third kappa shape index (κ3) is 3.93. The fourth-order valence-electron chi connectivity index (χ4n) is 2.91. The third-order valence-electron chi connectivity index (χ3n) is 4.10. The van der Waals surface area contributed by atoms with Crippen molar-refractivity contribution in [2.45, 2.75) is 25.4 Å². The lowest BCUT2D eigenvalue weighted by Crippen LogP contribution is -2.36. The fraction of sp³-hybridized carbons (Fsp3) is 0.471. The van der Waals surface area contributed by atoms with E-state index in [1.165, 1.54) is 11.1 Å². The lowest BCUT2D eigenvalue weighted by molar-refractivity contribution is 0.140.